The van der Waals surface area contributed by atoms with Crippen molar-refractivity contribution in [3.8, 4) is 0 Å². The minimum Gasteiger partial charge on any atom is -0.399 e. The third-order valence-electron chi connectivity index (χ3n) is 2.74. The molecule has 1 unspecified atom stereocenters. The van der Waals surface area contributed by atoms with Crippen molar-refractivity contribution in [3.05, 3.63) is 59.7 Å². The van der Waals surface area contributed by atoms with Crippen LogP contribution >= 0.6 is 11.8 Å². The Hall–Kier alpha value is -1.45. The van der Waals surface area contributed by atoms with Crippen molar-refractivity contribution in [2.75, 3.05) is 12.0 Å². The van der Waals surface area contributed by atoms with Crippen LogP contribution in [0.15, 0.2) is 53.4 Å². The van der Waals surface area contributed by atoms with Crippen molar-refractivity contribution in [1.82, 2.24) is 0 Å². The summed E-state index contributed by atoms with van der Waals surface area (Å²) in [5.41, 5.74) is 14.9. The summed E-state index contributed by atoms with van der Waals surface area (Å²) >= 11 is 1.73. The molecule has 88 valence electrons. The number of hydrogen-bond acceptors (Lipinski definition) is 3. The summed E-state index contributed by atoms with van der Waals surface area (Å²) in [7, 11) is 0. The van der Waals surface area contributed by atoms with Crippen molar-refractivity contribution in [3.63, 3.8) is 0 Å². The highest BCUT2D eigenvalue weighted by atomic mass is 32.2. The summed E-state index contributed by atoms with van der Waals surface area (Å²) in [5, 5.41) is 0. The summed E-state index contributed by atoms with van der Waals surface area (Å²) in [6.07, 6.45) is 2.06. The van der Waals surface area contributed by atoms with Gasteiger partial charge in [0, 0.05) is 10.6 Å². The van der Waals surface area contributed by atoms with Crippen LogP contribution < -0.4 is 11.5 Å². The molecule has 4 N–H and O–H groups in total. The SMILES string of the molecule is CSc1ccc(C(N)c2cccc(N)c2)cc1. The van der Waals surface area contributed by atoms with Crippen molar-refractivity contribution in [2.24, 2.45) is 5.73 Å². The van der Waals surface area contributed by atoms with Gasteiger partial charge in [0.15, 0.2) is 0 Å². The Morgan fingerprint density at radius 2 is 1.71 bits per heavy atom. The molecule has 2 aromatic carbocycles. The highest BCUT2D eigenvalue weighted by Gasteiger charge is 2.08. The third kappa shape index (κ3) is 2.81. The predicted octanol–water partition coefficient (Wildman–Crippen LogP) is 3.04. The van der Waals surface area contributed by atoms with Crippen LogP contribution in [0.2, 0.25) is 0 Å². The molecule has 0 fully saturated rings. The Kier molecular flexibility index (Phi) is 3.71. The molecule has 2 rings (SSSR count). The molecular weight excluding hydrogens is 228 g/mol. The van der Waals surface area contributed by atoms with Crippen molar-refractivity contribution >= 4 is 17.4 Å². The fourth-order valence-corrected chi connectivity index (χ4v) is 2.16. The average Bonchev–Trinajstić information content (AvgIpc) is 2.38. The van der Waals surface area contributed by atoms with Crippen LogP contribution in [0.5, 0.6) is 0 Å². The topological polar surface area (TPSA) is 52.0 Å². The highest BCUT2D eigenvalue weighted by molar-refractivity contribution is 7.98. The molecule has 0 heterocycles. The quantitative estimate of drug-likeness (QED) is 0.644. The maximum absolute atomic E-state index is 6.21. The van der Waals surface area contributed by atoms with Crippen LogP contribution in [0.25, 0.3) is 0 Å². The van der Waals surface area contributed by atoms with E-state index in [0.29, 0.717) is 0 Å². The molecule has 0 aliphatic carbocycles. The first-order valence-electron chi connectivity index (χ1n) is 5.45. The first-order valence-corrected chi connectivity index (χ1v) is 6.68. The first kappa shape index (κ1) is 12.0. The van der Waals surface area contributed by atoms with E-state index < -0.39 is 0 Å². The van der Waals surface area contributed by atoms with Gasteiger partial charge in [0.05, 0.1) is 6.04 Å². The largest absolute Gasteiger partial charge is 0.399 e. The Morgan fingerprint density at radius 3 is 2.29 bits per heavy atom. The maximum atomic E-state index is 6.21. The Labute approximate surface area is 106 Å². The third-order valence-corrected chi connectivity index (χ3v) is 3.49. The van der Waals surface area contributed by atoms with Crippen molar-refractivity contribution in [1.29, 1.82) is 0 Å². The van der Waals surface area contributed by atoms with Gasteiger partial charge in [0.2, 0.25) is 0 Å². The van der Waals surface area contributed by atoms with E-state index in [2.05, 4.69) is 30.5 Å². The Balaban J connectivity index is 2.27. The van der Waals surface area contributed by atoms with E-state index in [9.17, 15) is 0 Å². The fourth-order valence-electron chi connectivity index (χ4n) is 1.76. The maximum Gasteiger partial charge on any atom is 0.0552 e. The van der Waals surface area contributed by atoms with Gasteiger partial charge in [-0.3, -0.25) is 0 Å². The van der Waals surface area contributed by atoms with Gasteiger partial charge in [-0.25, -0.2) is 0 Å². The molecule has 3 heteroatoms. The van der Waals surface area contributed by atoms with Crippen LogP contribution in [0, 0.1) is 0 Å². The van der Waals surface area contributed by atoms with E-state index in [1.54, 1.807) is 11.8 Å². The standard InChI is InChI=1S/C14H16N2S/c1-17-13-7-5-10(6-8-13)14(16)11-3-2-4-12(15)9-11/h2-9,14H,15-16H2,1H3. The molecule has 0 radical (unpaired) electrons. The smallest absolute Gasteiger partial charge is 0.0552 e. The molecule has 17 heavy (non-hydrogen) atoms. The average molecular weight is 244 g/mol. The van der Waals surface area contributed by atoms with Gasteiger partial charge < -0.3 is 11.5 Å². The molecule has 0 aliphatic heterocycles. The van der Waals surface area contributed by atoms with Gasteiger partial charge in [-0.15, -0.1) is 11.8 Å². The number of nitrogen functional groups attached to an aromatic ring is 1. The van der Waals surface area contributed by atoms with Crippen LogP contribution in [-0.4, -0.2) is 6.26 Å². The van der Waals surface area contributed by atoms with Gasteiger partial charge >= 0.3 is 0 Å². The number of hydrogen-bond donors (Lipinski definition) is 2. The molecule has 0 amide bonds. The Bertz CT molecular complexity index is 494. The summed E-state index contributed by atoms with van der Waals surface area (Å²) in [5.74, 6) is 0. The molecule has 1 atom stereocenters. The van der Waals surface area contributed by atoms with Gasteiger partial charge in [0.25, 0.3) is 0 Å². The van der Waals surface area contributed by atoms with Gasteiger partial charge in [-0.2, -0.15) is 0 Å². The molecule has 0 saturated carbocycles. The minimum absolute atomic E-state index is 0.116. The zero-order valence-corrected chi connectivity index (χ0v) is 10.6. The van der Waals surface area contributed by atoms with Crippen molar-refractivity contribution < 1.29 is 0 Å². The first-order chi connectivity index (χ1) is 8.20. The van der Waals surface area contributed by atoms with Crippen LogP contribution in [0.4, 0.5) is 5.69 Å². The number of thioether (sulfide) groups is 1. The van der Waals surface area contributed by atoms with Gasteiger partial charge in [0.1, 0.15) is 0 Å². The van der Waals surface area contributed by atoms with E-state index in [1.165, 1.54) is 4.90 Å². The normalized spacial score (nSPS) is 12.4. The van der Waals surface area contributed by atoms with Crippen LogP contribution in [-0.2, 0) is 0 Å². The van der Waals surface area contributed by atoms with E-state index in [4.69, 9.17) is 11.5 Å². The lowest BCUT2D eigenvalue weighted by Gasteiger charge is -2.13. The fraction of sp³-hybridized carbons (Fsp3) is 0.143. The molecule has 0 saturated heterocycles. The van der Waals surface area contributed by atoms with Gasteiger partial charge in [-0.05, 0) is 41.6 Å². The lowest BCUT2D eigenvalue weighted by Crippen LogP contribution is -2.11. The zero-order chi connectivity index (χ0) is 12.3. The minimum atomic E-state index is -0.116. The number of anilines is 1. The summed E-state index contributed by atoms with van der Waals surface area (Å²) in [6.45, 7) is 0. The molecule has 0 aliphatic rings. The number of rotatable bonds is 3. The van der Waals surface area contributed by atoms with Crippen LogP contribution in [0.1, 0.15) is 17.2 Å². The molecular formula is C14H16N2S. The second-order valence-corrected chi connectivity index (χ2v) is 4.80. The van der Waals surface area contributed by atoms with Crippen molar-refractivity contribution in [2.45, 2.75) is 10.9 Å². The number of benzene rings is 2. The molecule has 2 aromatic rings. The van der Waals surface area contributed by atoms with Crippen LogP contribution in [0.3, 0.4) is 0 Å². The lowest BCUT2D eigenvalue weighted by atomic mass is 9.99. The van der Waals surface area contributed by atoms with E-state index in [0.717, 1.165) is 16.8 Å². The predicted molar refractivity (Wildman–Crippen MR) is 75.1 cm³/mol. The highest BCUT2D eigenvalue weighted by Crippen LogP contribution is 2.23. The van der Waals surface area contributed by atoms with Gasteiger partial charge in [-0.1, -0.05) is 24.3 Å². The molecule has 2 nitrogen and oxygen atoms in total. The number of nitrogens with two attached hydrogens (primary N) is 2. The zero-order valence-electron chi connectivity index (χ0n) is 9.76. The molecule has 0 spiro atoms. The Morgan fingerprint density at radius 1 is 1.00 bits per heavy atom. The van der Waals surface area contributed by atoms with E-state index >= 15 is 0 Å². The monoisotopic (exact) mass is 244 g/mol. The molecule has 0 bridgehead atoms. The second-order valence-electron chi connectivity index (χ2n) is 3.92. The molecule has 0 aromatic heterocycles. The second kappa shape index (κ2) is 5.25. The lowest BCUT2D eigenvalue weighted by molar-refractivity contribution is 0.870. The summed E-state index contributed by atoms with van der Waals surface area (Å²) < 4.78 is 0. The van der Waals surface area contributed by atoms with E-state index in [1.807, 2.05) is 24.3 Å². The summed E-state index contributed by atoms with van der Waals surface area (Å²) in [6, 6.07) is 15.9. The summed E-state index contributed by atoms with van der Waals surface area (Å²) in [4.78, 5) is 1.24. The van der Waals surface area contributed by atoms with E-state index in [-0.39, 0.29) is 6.04 Å².